The predicted octanol–water partition coefficient (Wildman–Crippen LogP) is 6.19. The topological polar surface area (TPSA) is 0 Å². The predicted molar refractivity (Wildman–Crippen MR) is 92.3 cm³/mol. The molecule has 0 aliphatic heterocycles. The molecule has 0 nitrogen and oxygen atoms in total. The highest BCUT2D eigenvalue weighted by Gasteiger charge is 2.25. The van der Waals surface area contributed by atoms with Crippen LogP contribution in [0.1, 0.15) is 56.1 Å². The summed E-state index contributed by atoms with van der Waals surface area (Å²) in [5.74, 6) is 0.509. The van der Waals surface area contributed by atoms with Crippen molar-refractivity contribution < 1.29 is 0 Å². The van der Waals surface area contributed by atoms with Gasteiger partial charge in [-0.1, -0.05) is 61.9 Å². The fraction of sp³-hybridized carbons (Fsp3) is 0.333. The van der Waals surface area contributed by atoms with E-state index in [1.165, 1.54) is 36.0 Å². The number of benzene rings is 1. The molecule has 3 rings (SSSR count). The molecule has 0 saturated carbocycles. The molecule has 0 amide bonds. The van der Waals surface area contributed by atoms with E-state index in [0.717, 1.165) is 12.8 Å². The molecule has 2 aliphatic rings. The second-order valence-electron chi connectivity index (χ2n) is 6.01. The summed E-state index contributed by atoms with van der Waals surface area (Å²) in [4.78, 5) is 0. The van der Waals surface area contributed by atoms with E-state index in [1.807, 2.05) is 6.08 Å². The number of rotatable bonds is 6. The molecular formula is C21H24. The monoisotopic (exact) mass is 276 g/mol. The van der Waals surface area contributed by atoms with Gasteiger partial charge in [-0.25, -0.2) is 0 Å². The lowest BCUT2D eigenvalue weighted by atomic mass is 9.93. The van der Waals surface area contributed by atoms with Crippen LogP contribution in [0.2, 0.25) is 0 Å². The van der Waals surface area contributed by atoms with Crippen molar-refractivity contribution in [2.24, 2.45) is 0 Å². The third kappa shape index (κ3) is 2.68. The molecule has 2 aliphatic carbocycles. The van der Waals surface area contributed by atoms with Crippen LogP contribution < -0.4 is 0 Å². The van der Waals surface area contributed by atoms with Crippen LogP contribution in [0.4, 0.5) is 0 Å². The average Bonchev–Trinajstić information content (AvgIpc) is 3.10. The van der Waals surface area contributed by atoms with Gasteiger partial charge in [-0.15, -0.1) is 6.58 Å². The zero-order valence-electron chi connectivity index (χ0n) is 12.9. The van der Waals surface area contributed by atoms with E-state index in [1.54, 1.807) is 11.1 Å². The van der Waals surface area contributed by atoms with Crippen LogP contribution in [0.5, 0.6) is 0 Å². The molecule has 108 valence electrons. The summed E-state index contributed by atoms with van der Waals surface area (Å²) in [7, 11) is 0. The molecule has 0 heteroatoms. The van der Waals surface area contributed by atoms with Crippen LogP contribution in [0.25, 0.3) is 5.57 Å². The molecule has 0 spiro atoms. The van der Waals surface area contributed by atoms with Gasteiger partial charge in [0.05, 0.1) is 0 Å². The van der Waals surface area contributed by atoms with Gasteiger partial charge in [-0.2, -0.15) is 0 Å². The van der Waals surface area contributed by atoms with Crippen LogP contribution in [-0.4, -0.2) is 0 Å². The first kappa shape index (κ1) is 14.1. The molecule has 1 aromatic rings. The Bertz CT molecular complexity index is 625. The average molecular weight is 276 g/mol. The van der Waals surface area contributed by atoms with Crippen LogP contribution in [0.3, 0.4) is 0 Å². The molecule has 0 saturated heterocycles. The van der Waals surface area contributed by atoms with Crippen LogP contribution in [-0.2, 0) is 0 Å². The quantitative estimate of drug-likeness (QED) is 0.543. The highest BCUT2D eigenvalue weighted by atomic mass is 14.3. The summed E-state index contributed by atoms with van der Waals surface area (Å²) < 4.78 is 0. The molecule has 1 aromatic carbocycles. The highest BCUT2D eigenvalue weighted by molar-refractivity contribution is 5.87. The minimum absolute atomic E-state index is 0.509. The zero-order valence-corrected chi connectivity index (χ0v) is 12.9. The van der Waals surface area contributed by atoms with Crippen molar-refractivity contribution in [3.63, 3.8) is 0 Å². The third-order valence-corrected chi connectivity index (χ3v) is 4.59. The summed E-state index contributed by atoms with van der Waals surface area (Å²) in [6.45, 7) is 6.19. The van der Waals surface area contributed by atoms with Gasteiger partial charge in [-0.05, 0) is 53.5 Å². The van der Waals surface area contributed by atoms with E-state index >= 15 is 0 Å². The number of fused-ring (bicyclic) bond motifs is 1. The van der Waals surface area contributed by atoms with Crippen molar-refractivity contribution in [3.05, 3.63) is 77.4 Å². The number of hydrogen-bond acceptors (Lipinski definition) is 0. The van der Waals surface area contributed by atoms with E-state index in [2.05, 4.69) is 56.0 Å². The third-order valence-electron chi connectivity index (χ3n) is 4.59. The molecule has 21 heavy (non-hydrogen) atoms. The van der Waals surface area contributed by atoms with Gasteiger partial charge in [0.25, 0.3) is 0 Å². The maximum absolute atomic E-state index is 3.92. The van der Waals surface area contributed by atoms with Gasteiger partial charge in [0.1, 0.15) is 0 Å². The summed E-state index contributed by atoms with van der Waals surface area (Å²) in [5.41, 5.74) is 7.51. The second kappa shape index (κ2) is 6.30. The van der Waals surface area contributed by atoms with E-state index in [-0.39, 0.29) is 0 Å². The van der Waals surface area contributed by atoms with Crippen molar-refractivity contribution in [2.75, 3.05) is 0 Å². The Morgan fingerprint density at radius 3 is 2.95 bits per heavy atom. The van der Waals surface area contributed by atoms with Crippen molar-refractivity contribution in [2.45, 2.75) is 44.9 Å². The molecule has 0 aromatic heterocycles. The van der Waals surface area contributed by atoms with Gasteiger partial charge in [0, 0.05) is 5.92 Å². The standard InChI is InChI=1S/C21H24/c1-3-5-10-16-11-8-14-18(16)21-15-17(9-4-2)19-12-6-7-13-20(19)21/h4,6-8,11-13,15,17H,2-3,5,9-10,14H2,1H3. The minimum Gasteiger partial charge on any atom is -0.103 e. The maximum atomic E-state index is 3.92. The Morgan fingerprint density at radius 1 is 1.29 bits per heavy atom. The smallest absolute Gasteiger partial charge is 0.00678 e. The fourth-order valence-electron chi connectivity index (χ4n) is 3.52. The fourth-order valence-corrected chi connectivity index (χ4v) is 3.52. The first-order chi connectivity index (χ1) is 10.3. The summed E-state index contributed by atoms with van der Waals surface area (Å²) in [6, 6.07) is 8.89. The van der Waals surface area contributed by atoms with Crippen LogP contribution in [0, 0.1) is 0 Å². The molecule has 0 fully saturated rings. The van der Waals surface area contributed by atoms with Crippen LogP contribution in [0.15, 0.2) is 66.3 Å². The summed E-state index contributed by atoms with van der Waals surface area (Å²) in [6.07, 6.45) is 15.1. The Labute approximate surface area is 128 Å². The lowest BCUT2D eigenvalue weighted by Gasteiger charge is -2.11. The molecular weight excluding hydrogens is 252 g/mol. The SMILES string of the molecule is C=CCC1C=C(C2=C(CCCC)C=CC2)c2ccccc21. The lowest BCUT2D eigenvalue weighted by molar-refractivity contribution is 0.796. The first-order valence-corrected chi connectivity index (χ1v) is 8.16. The highest BCUT2D eigenvalue weighted by Crippen LogP contribution is 2.44. The number of unbranched alkanes of at least 4 members (excludes halogenated alkanes) is 1. The minimum atomic E-state index is 0.509. The van der Waals surface area contributed by atoms with Crippen LogP contribution >= 0.6 is 0 Å². The summed E-state index contributed by atoms with van der Waals surface area (Å²) >= 11 is 0. The van der Waals surface area contributed by atoms with Crippen molar-refractivity contribution in [3.8, 4) is 0 Å². The van der Waals surface area contributed by atoms with Gasteiger partial charge in [-0.3, -0.25) is 0 Å². The van der Waals surface area contributed by atoms with Gasteiger partial charge in [0.2, 0.25) is 0 Å². The van der Waals surface area contributed by atoms with Gasteiger partial charge >= 0.3 is 0 Å². The first-order valence-electron chi connectivity index (χ1n) is 8.16. The Kier molecular flexibility index (Phi) is 4.24. The van der Waals surface area contributed by atoms with Crippen molar-refractivity contribution >= 4 is 5.57 Å². The number of allylic oxidation sites excluding steroid dienone is 7. The molecule has 0 radical (unpaired) electrons. The molecule has 1 atom stereocenters. The van der Waals surface area contributed by atoms with Crippen molar-refractivity contribution in [1.82, 2.24) is 0 Å². The van der Waals surface area contributed by atoms with E-state index in [9.17, 15) is 0 Å². The molecule has 0 N–H and O–H groups in total. The van der Waals surface area contributed by atoms with Crippen molar-refractivity contribution in [1.29, 1.82) is 0 Å². The second-order valence-corrected chi connectivity index (χ2v) is 6.01. The normalized spacial score (nSPS) is 19.9. The van der Waals surface area contributed by atoms with Gasteiger partial charge < -0.3 is 0 Å². The number of hydrogen-bond donors (Lipinski definition) is 0. The molecule has 1 unspecified atom stereocenters. The van der Waals surface area contributed by atoms with E-state index in [0.29, 0.717) is 5.92 Å². The molecule has 0 bridgehead atoms. The lowest BCUT2D eigenvalue weighted by Crippen LogP contribution is -1.92. The van der Waals surface area contributed by atoms with E-state index in [4.69, 9.17) is 0 Å². The molecule has 0 heterocycles. The Balaban J connectivity index is 1.98. The Hall–Kier alpha value is -1.82. The largest absolute Gasteiger partial charge is 0.103 e. The van der Waals surface area contributed by atoms with Gasteiger partial charge in [0.15, 0.2) is 0 Å². The summed E-state index contributed by atoms with van der Waals surface area (Å²) in [5, 5.41) is 0. The maximum Gasteiger partial charge on any atom is 0.00678 e. The van der Waals surface area contributed by atoms with E-state index < -0.39 is 0 Å². The zero-order chi connectivity index (χ0) is 14.7. The Morgan fingerprint density at radius 2 is 2.14 bits per heavy atom.